The zero-order valence-corrected chi connectivity index (χ0v) is 29.7. The Morgan fingerprint density at radius 2 is 1.73 bits per heavy atom. The van der Waals surface area contributed by atoms with Crippen molar-refractivity contribution in [3.05, 3.63) is 101 Å². The molecular weight excluding hydrogens is 660 g/mol. The van der Waals surface area contributed by atoms with Gasteiger partial charge in [0, 0.05) is 24.2 Å². The molecule has 2 bridgehead atoms. The van der Waals surface area contributed by atoms with Crippen LogP contribution in [0.4, 0.5) is 11.5 Å². The van der Waals surface area contributed by atoms with Gasteiger partial charge >= 0.3 is 0 Å². The third-order valence-electron chi connectivity index (χ3n) is 9.82. The van der Waals surface area contributed by atoms with Gasteiger partial charge in [-0.2, -0.15) is 0 Å². The number of rotatable bonds is 9. The van der Waals surface area contributed by atoms with Crippen molar-refractivity contribution in [2.24, 2.45) is 11.8 Å². The van der Waals surface area contributed by atoms with Crippen LogP contribution in [-0.2, 0) is 24.1 Å². The number of hydrogen-bond donors (Lipinski definition) is 6. The number of phenols is 4. The smallest absolute Gasteiger partial charge is 0.200 e. The van der Waals surface area contributed by atoms with E-state index in [-0.39, 0.29) is 53.3 Å². The number of Topliss-reactive ketones (excluding diaryl/α,β-unsaturated/α-hetero) is 1. The van der Waals surface area contributed by atoms with Crippen LogP contribution in [0.3, 0.4) is 0 Å². The monoisotopic (exact) mass is 706 g/mol. The Balaban J connectivity index is 1.40. The van der Waals surface area contributed by atoms with Gasteiger partial charge in [-0.3, -0.25) is 4.79 Å². The number of nitrogens with zero attached hydrogens (tertiary/aromatic N) is 1. The molecule has 0 spiro atoms. The van der Waals surface area contributed by atoms with Gasteiger partial charge in [-0.1, -0.05) is 32.0 Å². The minimum atomic E-state index is -0.991. The molecule has 0 saturated carbocycles. The van der Waals surface area contributed by atoms with Crippen LogP contribution in [0.1, 0.15) is 61.3 Å². The highest BCUT2D eigenvalue weighted by atomic mass is 16.5. The van der Waals surface area contributed by atoms with Crippen LogP contribution in [0.5, 0.6) is 34.5 Å². The SMILES string of the molecule is COc1cc(CCC(O)C2Cc3ccnc(c3)Nc3ccc4cc(O)ccc4c3CCC(c3cc(O)c(O)c(OCC(C)C)c3)CC2=O)ccc1O. The molecule has 6 rings (SSSR count). The van der Waals surface area contributed by atoms with Crippen LogP contribution in [0, 0.1) is 11.8 Å². The van der Waals surface area contributed by atoms with Crippen molar-refractivity contribution in [1.29, 1.82) is 0 Å². The van der Waals surface area contributed by atoms with Crippen LogP contribution in [0.25, 0.3) is 10.8 Å². The van der Waals surface area contributed by atoms with E-state index >= 15 is 0 Å². The maximum Gasteiger partial charge on any atom is 0.200 e. The Hall–Kier alpha value is -5.48. The van der Waals surface area contributed by atoms with Crippen LogP contribution in [-0.4, -0.2) is 56.1 Å². The van der Waals surface area contributed by atoms with E-state index in [0.29, 0.717) is 49.4 Å². The van der Waals surface area contributed by atoms with E-state index in [1.165, 1.54) is 13.2 Å². The summed E-state index contributed by atoms with van der Waals surface area (Å²) >= 11 is 0. The van der Waals surface area contributed by atoms with Crippen molar-refractivity contribution in [2.45, 2.75) is 64.4 Å². The topological polar surface area (TPSA) is 162 Å². The first-order valence-corrected chi connectivity index (χ1v) is 17.7. The summed E-state index contributed by atoms with van der Waals surface area (Å²) in [4.78, 5) is 19.1. The highest BCUT2D eigenvalue weighted by Crippen LogP contribution is 2.42. The molecule has 1 aliphatic rings. The zero-order chi connectivity index (χ0) is 36.9. The summed E-state index contributed by atoms with van der Waals surface area (Å²) in [6.45, 7) is 4.30. The number of anilines is 2. The molecule has 272 valence electrons. The van der Waals surface area contributed by atoms with Gasteiger partial charge in [0.25, 0.3) is 0 Å². The van der Waals surface area contributed by atoms with Gasteiger partial charge in [0.15, 0.2) is 23.0 Å². The Morgan fingerprint density at radius 3 is 2.52 bits per heavy atom. The van der Waals surface area contributed by atoms with Crippen molar-refractivity contribution in [3.8, 4) is 34.5 Å². The molecule has 1 aromatic heterocycles. The fourth-order valence-corrected chi connectivity index (χ4v) is 7.00. The fraction of sp³-hybridized carbons (Fsp3) is 0.333. The van der Waals surface area contributed by atoms with Gasteiger partial charge < -0.3 is 40.3 Å². The molecule has 10 heteroatoms. The van der Waals surface area contributed by atoms with E-state index in [1.807, 2.05) is 44.2 Å². The number of methoxy groups -OCH3 is 1. The number of aliphatic hydroxyl groups is 1. The summed E-state index contributed by atoms with van der Waals surface area (Å²) in [5.74, 6) is -0.566. The summed E-state index contributed by atoms with van der Waals surface area (Å²) < 4.78 is 11.2. The van der Waals surface area contributed by atoms with E-state index < -0.39 is 17.9 Å². The number of pyridine rings is 1. The van der Waals surface area contributed by atoms with Gasteiger partial charge in [-0.05, 0) is 132 Å². The Bertz CT molecular complexity index is 2060. The molecule has 0 fully saturated rings. The van der Waals surface area contributed by atoms with Crippen LogP contribution in [0.2, 0.25) is 0 Å². The maximum absolute atomic E-state index is 14.5. The van der Waals surface area contributed by atoms with Gasteiger partial charge in [-0.15, -0.1) is 0 Å². The molecule has 1 aliphatic heterocycles. The first kappa shape index (κ1) is 36.3. The Labute approximate surface area is 303 Å². The minimum absolute atomic E-state index is 0.0247. The Morgan fingerprint density at radius 1 is 0.904 bits per heavy atom. The Kier molecular flexibility index (Phi) is 11.0. The number of benzene rings is 4. The number of aliphatic hydroxyl groups excluding tert-OH is 1. The van der Waals surface area contributed by atoms with Crippen molar-refractivity contribution in [2.75, 3.05) is 19.0 Å². The molecule has 4 aromatic carbocycles. The number of aromatic nitrogens is 1. The lowest BCUT2D eigenvalue weighted by Gasteiger charge is -2.26. The second-order valence-corrected chi connectivity index (χ2v) is 14.1. The van der Waals surface area contributed by atoms with E-state index in [0.717, 1.165) is 33.2 Å². The molecule has 5 aromatic rings. The zero-order valence-electron chi connectivity index (χ0n) is 29.7. The number of fused-ring (bicyclic) bond motifs is 5. The van der Waals surface area contributed by atoms with Gasteiger partial charge in [-0.25, -0.2) is 4.98 Å². The molecule has 3 unspecified atom stereocenters. The molecule has 52 heavy (non-hydrogen) atoms. The first-order chi connectivity index (χ1) is 25.0. The van der Waals surface area contributed by atoms with Crippen molar-refractivity contribution >= 4 is 28.1 Å². The predicted molar refractivity (Wildman–Crippen MR) is 200 cm³/mol. The van der Waals surface area contributed by atoms with Gasteiger partial charge in [0.2, 0.25) is 5.75 Å². The maximum atomic E-state index is 14.5. The molecular formula is C42H46N2O8. The highest BCUT2D eigenvalue weighted by molar-refractivity contribution is 5.92. The predicted octanol–water partition coefficient (Wildman–Crippen LogP) is 7.69. The lowest BCUT2D eigenvalue weighted by molar-refractivity contribution is -0.127. The molecule has 0 saturated heterocycles. The molecule has 0 amide bonds. The van der Waals surface area contributed by atoms with Crippen molar-refractivity contribution in [3.63, 3.8) is 0 Å². The van der Waals surface area contributed by atoms with Crippen molar-refractivity contribution in [1.82, 2.24) is 4.98 Å². The van der Waals surface area contributed by atoms with E-state index in [4.69, 9.17) is 9.47 Å². The number of carbonyl (C=O) groups excluding carboxylic acids is 1. The number of hydrogen-bond acceptors (Lipinski definition) is 10. The van der Waals surface area contributed by atoms with E-state index in [9.17, 15) is 30.3 Å². The van der Waals surface area contributed by atoms with E-state index in [1.54, 1.807) is 42.6 Å². The standard InChI is InChI=1S/C42H46N2O8/c1-24(2)23-52-40-22-29(21-38(49)42(40)50)27-6-9-32-31-10-8-30(45)19-28(31)7-11-34(32)44-41-18-26(14-15-43-41)16-33(37(48)20-27)35(46)12-4-25-5-13-36(47)39(17-25)51-3/h5,7-8,10-11,13-15,17-19,21-22,24,27,33,35,45-47,49-50H,4,6,9,12,16,20,23H2,1-3H3,(H,43,44). The quantitative estimate of drug-likeness (QED) is 0.0839. The van der Waals surface area contributed by atoms with Gasteiger partial charge in [0.1, 0.15) is 17.4 Å². The van der Waals surface area contributed by atoms with Crippen LogP contribution >= 0.6 is 0 Å². The summed E-state index contributed by atoms with van der Waals surface area (Å²) in [7, 11) is 1.48. The fourth-order valence-electron chi connectivity index (χ4n) is 7.00. The lowest BCUT2D eigenvalue weighted by Crippen LogP contribution is -2.32. The highest BCUT2D eigenvalue weighted by Gasteiger charge is 2.31. The van der Waals surface area contributed by atoms with Crippen molar-refractivity contribution < 1.29 is 39.8 Å². The normalized spacial score (nSPS) is 17.0. The molecule has 3 atom stereocenters. The third kappa shape index (κ3) is 8.35. The lowest BCUT2D eigenvalue weighted by atomic mass is 9.80. The number of carbonyl (C=O) groups is 1. The average molecular weight is 707 g/mol. The second-order valence-electron chi connectivity index (χ2n) is 14.1. The molecule has 0 radical (unpaired) electrons. The van der Waals surface area contributed by atoms with E-state index in [2.05, 4.69) is 10.3 Å². The van der Waals surface area contributed by atoms with Crippen LogP contribution < -0.4 is 14.8 Å². The number of ether oxygens (including phenoxy) is 2. The number of ketones is 1. The largest absolute Gasteiger partial charge is 0.508 e. The summed E-state index contributed by atoms with van der Waals surface area (Å²) in [5, 5.41) is 58.8. The number of phenolic OH excluding ortho intramolecular Hbond substituents is 4. The van der Waals surface area contributed by atoms with Crippen LogP contribution in [0.15, 0.2) is 79.0 Å². The molecule has 0 aliphatic carbocycles. The minimum Gasteiger partial charge on any atom is -0.508 e. The number of aryl methyl sites for hydroxylation is 2. The van der Waals surface area contributed by atoms with Gasteiger partial charge in [0.05, 0.1) is 19.8 Å². The number of aromatic hydroxyl groups is 4. The average Bonchev–Trinajstić information content (AvgIpc) is 3.13. The molecule has 10 nitrogen and oxygen atoms in total. The second kappa shape index (κ2) is 15.8. The summed E-state index contributed by atoms with van der Waals surface area (Å²) in [6.07, 6.45) is 2.78. The summed E-state index contributed by atoms with van der Waals surface area (Å²) in [5.41, 5.74) is 4.13. The summed E-state index contributed by atoms with van der Waals surface area (Å²) in [6, 6.07) is 21.1. The molecule has 6 N–H and O–H groups in total. The number of nitrogens with one attached hydrogen (secondary N) is 1. The molecule has 2 heterocycles. The first-order valence-electron chi connectivity index (χ1n) is 17.7. The third-order valence-corrected chi connectivity index (χ3v) is 9.82.